The Morgan fingerprint density at radius 1 is 1.21 bits per heavy atom. The van der Waals surface area contributed by atoms with Crippen molar-refractivity contribution in [2.45, 2.75) is 20.3 Å². The number of amides is 1. The van der Waals surface area contributed by atoms with Gasteiger partial charge in [-0.05, 0) is 37.6 Å². The first kappa shape index (κ1) is 17.1. The molecule has 124 valence electrons. The Morgan fingerprint density at radius 3 is 2.54 bits per heavy atom. The third kappa shape index (κ3) is 3.22. The average molecular weight is 383 g/mol. The summed E-state index contributed by atoms with van der Waals surface area (Å²) in [5.41, 5.74) is 3.90. The van der Waals surface area contributed by atoms with Gasteiger partial charge in [-0.25, -0.2) is 4.98 Å². The number of aromatic nitrogens is 2. The Kier molecular flexibility index (Phi) is 4.72. The van der Waals surface area contributed by atoms with E-state index in [1.165, 1.54) is 12.1 Å². The number of aryl methyl sites for hydroxylation is 2. The maximum Gasteiger partial charge on any atom is 0.230 e. The second-order valence-electron chi connectivity index (χ2n) is 5.50. The minimum atomic E-state index is -0.229. The van der Waals surface area contributed by atoms with Gasteiger partial charge in [-0.2, -0.15) is 0 Å². The summed E-state index contributed by atoms with van der Waals surface area (Å²) in [6, 6.07) is 6.98. The normalized spacial score (nSPS) is 11.0. The fraction of sp³-hybridized carbons (Fsp3) is 0.176. The molecule has 0 atom stereocenters. The fourth-order valence-corrected chi connectivity index (χ4v) is 3.49. The highest BCUT2D eigenvalue weighted by atomic mass is 35.5. The number of fused-ring (bicyclic) bond motifs is 1. The van der Waals surface area contributed by atoms with Gasteiger partial charge in [-0.3, -0.25) is 4.79 Å². The van der Waals surface area contributed by atoms with Crippen molar-refractivity contribution in [3.05, 3.63) is 62.5 Å². The monoisotopic (exact) mass is 381 g/mol. The summed E-state index contributed by atoms with van der Waals surface area (Å²) in [4.78, 5) is 17.0. The number of nitrogens with one attached hydrogen (secondary N) is 1. The summed E-state index contributed by atoms with van der Waals surface area (Å²) in [5, 5.41) is 3.76. The van der Waals surface area contributed by atoms with Crippen LogP contribution in [0.2, 0.25) is 15.1 Å². The summed E-state index contributed by atoms with van der Waals surface area (Å²) >= 11 is 18.1. The molecule has 2 heterocycles. The quantitative estimate of drug-likeness (QED) is 0.685. The van der Waals surface area contributed by atoms with Crippen LogP contribution in [0, 0.1) is 13.8 Å². The van der Waals surface area contributed by atoms with Crippen LogP contribution in [-0.4, -0.2) is 15.3 Å². The molecule has 0 aliphatic heterocycles. The summed E-state index contributed by atoms with van der Waals surface area (Å²) in [5.74, 6) is -0.229. The molecule has 0 saturated heterocycles. The van der Waals surface area contributed by atoms with Crippen molar-refractivity contribution in [3.8, 4) is 0 Å². The predicted octanol–water partition coefficient (Wildman–Crippen LogP) is 5.09. The zero-order chi connectivity index (χ0) is 17.4. The Balaban J connectivity index is 1.89. The van der Waals surface area contributed by atoms with Crippen LogP contribution in [0.3, 0.4) is 0 Å². The first-order valence-electron chi connectivity index (χ1n) is 7.24. The number of carbonyl (C=O) groups is 1. The lowest BCUT2D eigenvalue weighted by Crippen LogP contribution is -2.16. The van der Waals surface area contributed by atoms with E-state index in [4.69, 9.17) is 34.8 Å². The van der Waals surface area contributed by atoms with E-state index in [1.54, 1.807) is 0 Å². The van der Waals surface area contributed by atoms with Gasteiger partial charge in [0.25, 0.3) is 0 Å². The second-order valence-corrected chi connectivity index (χ2v) is 6.75. The Bertz CT molecular complexity index is 927. The zero-order valence-corrected chi connectivity index (χ0v) is 15.3. The predicted molar refractivity (Wildman–Crippen MR) is 98.5 cm³/mol. The SMILES string of the molecule is Cc1nc2c(C)cccn2c1CC(=O)Nc1c(Cl)cc(Cl)cc1Cl. The van der Waals surface area contributed by atoms with Crippen LogP contribution in [0.15, 0.2) is 30.5 Å². The van der Waals surface area contributed by atoms with E-state index in [9.17, 15) is 4.79 Å². The van der Waals surface area contributed by atoms with E-state index < -0.39 is 0 Å². The molecule has 0 radical (unpaired) electrons. The number of imidazole rings is 1. The largest absolute Gasteiger partial charge is 0.323 e. The highest BCUT2D eigenvalue weighted by Gasteiger charge is 2.16. The molecule has 2 aromatic heterocycles. The van der Waals surface area contributed by atoms with Gasteiger partial charge in [0.2, 0.25) is 5.91 Å². The van der Waals surface area contributed by atoms with Gasteiger partial charge in [-0.1, -0.05) is 40.9 Å². The van der Waals surface area contributed by atoms with Crippen LogP contribution in [-0.2, 0) is 11.2 Å². The van der Waals surface area contributed by atoms with Crippen LogP contribution < -0.4 is 5.32 Å². The maximum absolute atomic E-state index is 12.4. The average Bonchev–Trinajstić information content (AvgIpc) is 2.81. The maximum atomic E-state index is 12.4. The number of hydrogen-bond acceptors (Lipinski definition) is 2. The number of pyridine rings is 1. The van der Waals surface area contributed by atoms with Gasteiger partial charge >= 0.3 is 0 Å². The molecule has 24 heavy (non-hydrogen) atoms. The first-order valence-corrected chi connectivity index (χ1v) is 8.37. The van der Waals surface area contributed by atoms with Gasteiger partial charge in [0.05, 0.1) is 33.5 Å². The number of halogens is 3. The number of nitrogens with zero attached hydrogens (tertiary/aromatic N) is 2. The third-order valence-electron chi connectivity index (χ3n) is 3.74. The molecule has 3 rings (SSSR count). The lowest BCUT2D eigenvalue weighted by molar-refractivity contribution is -0.115. The van der Waals surface area contributed by atoms with Gasteiger partial charge < -0.3 is 9.72 Å². The fourth-order valence-electron chi connectivity index (χ4n) is 2.58. The van der Waals surface area contributed by atoms with Crippen molar-refractivity contribution in [3.63, 3.8) is 0 Å². The van der Waals surface area contributed by atoms with Crippen molar-refractivity contribution in [1.29, 1.82) is 0 Å². The van der Waals surface area contributed by atoms with E-state index in [1.807, 2.05) is 36.6 Å². The molecule has 4 nitrogen and oxygen atoms in total. The van der Waals surface area contributed by atoms with E-state index in [0.717, 1.165) is 22.6 Å². The topological polar surface area (TPSA) is 46.4 Å². The van der Waals surface area contributed by atoms with Gasteiger partial charge in [-0.15, -0.1) is 0 Å². The highest BCUT2D eigenvalue weighted by molar-refractivity contribution is 6.42. The van der Waals surface area contributed by atoms with Gasteiger partial charge in [0.1, 0.15) is 5.65 Å². The number of rotatable bonds is 3. The number of benzene rings is 1. The summed E-state index contributed by atoms with van der Waals surface area (Å²) in [7, 11) is 0. The van der Waals surface area contributed by atoms with E-state index >= 15 is 0 Å². The van der Waals surface area contributed by atoms with Crippen LogP contribution >= 0.6 is 34.8 Å². The summed E-state index contributed by atoms with van der Waals surface area (Å²) in [6.07, 6.45) is 2.05. The number of hydrogen-bond donors (Lipinski definition) is 1. The van der Waals surface area contributed by atoms with Crippen molar-refractivity contribution in [2.24, 2.45) is 0 Å². The molecule has 0 unspecified atom stereocenters. The Labute approximate surface area is 154 Å². The van der Waals surface area contributed by atoms with Crippen LogP contribution in [0.5, 0.6) is 0 Å². The van der Waals surface area contributed by atoms with Crippen molar-refractivity contribution in [1.82, 2.24) is 9.38 Å². The number of anilines is 1. The van der Waals surface area contributed by atoms with Crippen molar-refractivity contribution >= 4 is 52.0 Å². The Morgan fingerprint density at radius 2 is 1.88 bits per heavy atom. The van der Waals surface area contributed by atoms with E-state index in [-0.39, 0.29) is 12.3 Å². The molecule has 0 saturated carbocycles. The molecule has 0 bridgehead atoms. The van der Waals surface area contributed by atoms with E-state index in [0.29, 0.717) is 20.8 Å². The smallest absolute Gasteiger partial charge is 0.230 e. The molecule has 0 aliphatic carbocycles. The molecule has 7 heteroatoms. The van der Waals surface area contributed by atoms with E-state index in [2.05, 4.69) is 10.3 Å². The minimum absolute atomic E-state index is 0.158. The van der Waals surface area contributed by atoms with Gasteiger partial charge in [0.15, 0.2) is 0 Å². The van der Waals surface area contributed by atoms with Crippen LogP contribution in [0.4, 0.5) is 5.69 Å². The zero-order valence-electron chi connectivity index (χ0n) is 13.0. The molecule has 0 fully saturated rings. The molecule has 1 aromatic carbocycles. The third-order valence-corrected chi connectivity index (χ3v) is 4.56. The molecular formula is C17H14Cl3N3O. The van der Waals surface area contributed by atoms with Crippen molar-refractivity contribution in [2.75, 3.05) is 5.32 Å². The summed E-state index contributed by atoms with van der Waals surface area (Å²) < 4.78 is 1.93. The first-order chi connectivity index (χ1) is 11.4. The highest BCUT2D eigenvalue weighted by Crippen LogP contribution is 2.33. The van der Waals surface area contributed by atoms with Crippen LogP contribution in [0.1, 0.15) is 17.0 Å². The number of carbonyl (C=O) groups excluding carboxylic acids is 1. The molecule has 3 aromatic rings. The second kappa shape index (κ2) is 6.63. The molecular weight excluding hydrogens is 369 g/mol. The molecule has 0 aliphatic rings. The standard InChI is InChI=1S/C17H14Cl3N3O/c1-9-4-3-5-23-14(10(2)21-17(9)23)8-15(24)22-16-12(19)6-11(18)7-13(16)20/h3-7H,8H2,1-2H3,(H,22,24). The molecule has 1 N–H and O–H groups in total. The van der Waals surface area contributed by atoms with Crippen LogP contribution in [0.25, 0.3) is 5.65 Å². The lowest BCUT2D eigenvalue weighted by atomic mass is 10.2. The minimum Gasteiger partial charge on any atom is -0.323 e. The van der Waals surface area contributed by atoms with Gasteiger partial charge in [0, 0.05) is 11.2 Å². The lowest BCUT2D eigenvalue weighted by Gasteiger charge is -2.10. The summed E-state index contributed by atoms with van der Waals surface area (Å²) in [6.45, 7) is 3.87. The Hall–Kier alpha value is -1.75. The molecule has 0 spiro atoms. The molecule has 1 amide bonds. The van der Waals surface area contributed by atoms with Crippen molar-refractivity contribution < 1.29 is 4.79 Å².